The van der Waals surface area contributed by atoms with Gasteiger partial charge in [-0.2, -0.15) is 0 Å². The number of pyridine rings is 1. The number of carbonyl (C=O) groups is 1. The van der Waals surface area contributed by atoms with Gasteiger partial charge < -0.3 is 10.2 Å². The molecule has 0 radical (unpaired) electrons. The summed E-state index contributed by atoms with van der Waals surface area (Å²) in [6, 6.07) is 14.9. The summed E-state index contributed by atoms with van der Waals surface area (Å²) in [6.45, 7) is 6.25. The fourth-order valence-corrected chi connectivity index (χ4v) is 4.39. The first-order valence-electron chi connectivity index (χ1n) is 9.71. The Bertz CT molecular complexity index is 815. The van der Waals surface area contributed by atoms with E-state index in [4.69, 9.17) is 0 Å². The van der Waals surface area contributed by atoms with E-state index < -0.39 is 0 Å². The molecule has 1 amide bonds. The second-order valence-electron chi connectivity index (χ2n) is 7.65. The standard InChI is InChI=1S/C22H27N3O/c1-4-20(26)25-18-10-6-5-9-17(18)21(15(3)22(25)16-12-13-16)24-19-11-7-8-14(2)23-19/h5-11,15-16,21-22H,4,12-13H2,1-3H3,(H,23,24)/t15-,21-,22?/m1/s1. The predicted molar refractivity (Wildman–Crippen MR) is 105 cm³/mol. The summed E-state index contributed by atoms with van der Waals surface area (Å²) >= 11 is 0. The van der Waals surface area contributed by atoms with Crippen LogP contribution in [0.3, 0.4) is 0 Å². The molecule has 1 aliphatic heterocycles. The molecule has 1 aromatic carbocycles. The van der Waals surface area contributed by atoms with E-state index in [1.807, 2.05) is 38.1 Å². The van der Waals surface area contributed by atoms with Gasteiger partial charge in [0.2, 0.25) is 5.91 Å². The van der Waals surface area contributed by atoms with Crippen molar-refractivity contribution < 1.29 is 4.79 Å². The first-order chi connectivity index (χ1) is 12.6. The summed E-state index contributed by atoms with van der Waals surface area (Å²) < 4.78 is 0. The molecule has 0 bridgehead atoms. The number of nitrogens with zero attached hydrogens (tertiary/aromatic N) is 2. The minimum absolute atomic E-state index is 0.159. The van der Waals surface area contributed by atoms with Crippen LogP contribution in [0.4, 0.5) is 11.5 Å². The highest BCUT2D eigenvalue weighted by molar-refractivity contribution is 5.95. The van der Waals surface area contributed by atoms with Crippen LogP contribution >= 0.6 is 0 Å². The van der Waals surface area contributed by atoms with Gasteiger partial charge in [-0.05, 0) is 49.4 Å². The van der Waals surface area contributed by atoms with Gasteiger partial charge in [0.25, 0.3) is 0 Å². The Kier molecular flexibility index (Phi) is 4.43. The quantitative estimate of drug-likeness (QED) is 0.869. The van der Waals surface area contributed by atoms with Gasteiger partial charge in [-0.25, -0.2) is 4.98 Å². The van der Waals surface area contributed by atoms with Gasteiger partial charge in [-0.1, -0.05) is 38.1 Å². The number of carbonyl (C=O) groups excluding carboxylic acids is 1. The fraction of sp³-hybridized carbons (Fsp3) is 0.455. The molecule has 0 spiro atoms. The number of para-hydroxylation sites is 1. The third kappa shape index (κ3) is 2.98. The lowest BCUT2D eigenvalue weighted by Crippen LogP contribution is -2.51. The van der Waals surface area contributed by atoms with Crippen molar-refractivity contribution in [3.63, 3.8) is 0 Å². The van der Waals surface area contributed by atoms with Gasteiger partial charge in [0.1, 0.15) is 5.82 Å². The van der Waals surface area contributed by atoms with E-state index in [9.17, 15) is 4.79 Å². The van der Waals surface area contributed by atoms with Crippen molar-refractivity contribution in [3.05, 3.63) is 53.7 Å². The van der Waals surface area contributed by atoms with Gasteiger partial charge in [-0.3, -0.25) is 4.79 Å². The third-order valence-electron chi connectivity index (χ3n) is 5.76. The van der Waals surface area contributed by atoms with E-state index in [-0.39, 0.29) is 18.0 Å². The molecule has 2 heterocycles. The molecular formula is C22H27N3O. The number of fused-ring (bicyclic) bond motifs is 1. The lowest BCUT2D eigenvalue weighted by atomic mass is 9.80. The zero-order valence-electron chi connectivity index (χ0n) is 15.8. The molecule has 136 valence electrons. The Balaban J connectivity index is 1.77. The summed E-state index contributed by atoms with van der Waals surface area (Å²) in [6.07, 6.45) is 2.99. The molecule has 1 unspecified atom stereocenters. The lowest BCUT2D eigenvalue weighted by Gasteiger charge is -2.46. The molecule has 0 saturated heterocycles. The summed E-state index contributed by atoms with van der Waals surface area (Å²) in [7, 11) is 0. The van der Waals surface area contributed by atoms with Crippen LogP contribution in [0.2, 0.25) is 0 Å². The number of aromatic nitrogens is 1. The molecule has 4 rings (SSSR count). The number of benzene rings is 1. The van der Waals surface area contributed by atoms with Crippen molar-refractivity contribution in [2.24, 2.45) is 11.8 Å². The van der Waals surface area contributed by atoms with Gasteiger partial charge in [0.05, 0.1) is 6.04 Å². The summed E-state index contributed by atoms with van der Waals surface area (Å²) in [4.78, 5) is 19.6. The number of aryl methyl sites for hydroxylation is 1. The van der Waals surface area contributed by atoms with Crippen molar-refractivity contribution >= 4 is 17.4 Å². The number of amides is 1. The van der Waals surface area contributed by atoms with Crippen LogP contribution in [0, 0.1) is 18.8 Å². The van der Waals surface area contributed by atoms with Crippen LogP contribution in [0.1, 0.15) is 50.4 Å². The van der Waals surface area contributed by atoms with E-state index in [0.29, 0.717) is 18.3 Å². The van der Waals surface area contributed by atoms with E-state index in [0.717, 1.165) is 17.2 Å². The second-order valence-corrected chi connectivity index (χ2v) is 7.65. The maximum Gasteiger partial charge on any atom is 0.226 e. The summed E-state index contributed by atoms with van der Waals surface area (Å²) in [5, 5.41) is 3.67. The molecule has 4 nitrogen and oxygen atoms in total. The molecule has 1 aliphatic carbocycles. The molecule has 2 aliphatic rings. The maximum absolute atomic E-state index is 12.8. The molecule has 2 aromatic rings. The number of anilines is 2. The maximum atomic E-state index is 12.8. The van der Waals surface area contributed by atoms with Crippen molar-refractivity contribution in [2.45, 2.75) is 52.1 Å². The average Bonchev–Trinajstić information content (AvgIpc) is 3.48. The number of hydrogen-bond donors (Lipinski definition) is 1. The molecule has 4 heteroatoms. The number of hydrogen-bond acceptors (Lipinski definition) is 3. The summed E-state index contributed by atoms with van der Waals surface area (Å²) in [5.74, 6) is 2.08. The Labute approximate surface area is 155 Å². The van der Waals surface area contributed by atoms with Crippen LogP contribution in [-0.2, 0) is 4.79 Å². The Morgan fingerprint density at radius 1 is 1.19 bits per heavy atom. The minimum Gasteiger partial charge on any atom is -0.363 e. The van der Waals surface area contributed by atoms with E-state index >= 15 is 0 Å². The van der Waals surface area contributed by atoms with E-state index in [1.165, 1.54) is 18.4 Å². The van der Waals surface area contributed by atoms with Crippen LogP contribution in [-0.4, -0.2) is 16.9 Å². The molecule has 3 atom stereocenters. The fourth-order valence-electron chi connectivity index (χ4n) is 4.39. The second kappa shape index (κ2) is 6.75. The van der Waals surface area contributed by atoms with Crippen LogP contribution in [0.15, 0.2) is 42.5 Å². The van der Waals surface area contributed by atoms with E-state index in [2.05, 4.69) is 40.3 Å². The van der Waals surface area contributed by atoms with Crippen molar-refractivity contribution in [1.29, 1.82) is 0 Å². The van der Waals surface area contributed by atoms with Gasteiger partial charge in [-0.15, -0.1) is 0 Å². The van der Waals surface area contributed by atoms with Crippen LogP contribution in [0.5, 0.6) is 0 Å². The topological polar surface area (TPSA) is 45.2 Å². The SMILES string of the molecule is CCC(=O)N1c2ccccc2[C@H](Nc2cccc(C)n2)[C@@H](C)C1C1CC1. The normalized spacial score (nSPS) is 24.9. The molecule has 26 heavy (non-hydrogen) atoms. The first kappa shape index (κ1) is 17.1. The minimum atomic E-state index is 0.159. The van der Waals surface area contributed by atoms with Gasteiger partial charge in [0.15, 0.2) is 0 Å². The molecule has 1 fully saturated rings. The Morgan fingerprint density at radius 3 is 2.65 bits per heavy atom. The number of nitrogens with one attached hydrogen (secondary N) is 1. The van der Waals surface area contributed by atoms with Crippen LogP contribution < -0.4 is 10.2 Å². The molecular weight excluding hydrogens is 322 g/mol. The average molecular weight is 349 g/mol. The zero-order chi connectivity index (χ0) is 18.3. The predicted octanol–water partition coefficient (Wildman–Crippen LogP) is 4.71. The molecule has 1 aromatic heterocycles. The largest absolute Gasteiger partial charge is 0.363 e. The first-order valence-corrected chi connectivity index (χ1v) is 9.71. The highest BCUT2D eigenvalue weighted by Gasteiger charge is 2.47. The Morgan fingerprint density at radius 2 is 1.96 bits per heavy atom. The number of rotatable bonds is 4. The van der Waals surface area contributed by atoms with Gasteiger partial charge >= 0.3 is 0 Å². The van der Waals surface area contributed by atoms with E-state index in [1.54, 1.807) is 0 Å². The third-order valence-corrected chi connectivity index (χ3v) is 5.76. The van der Waals surface area contributed by atoms with Crippen molar-refractivity contribution in [2.75, 3.05) is 10.2 Å². The van der Waals surface area contributed by atoms with Crippen LogP contribution in [0.25, 0.3) is 0 Å². The monoisotopic (exact) mass is 349 g/mol. The van der Waals surface area contributed by atoms with Gasteiger partial charge in [0, 0.05) is 29.8 Å². The lowest BCUT2D eigenvalue weighted by molar-refractivity contribution is -0.119. The highest BCUT2D eigenvalue weighted by Crippen LogP contribution is 2.49. The van der Waals surface area contributed by atoms with Crippen molar-refractivity contribution in [3.8, 4) is 0 Å². The summed E-state index contributed by atoms with van der Waals surface area (Å²) in [5.41, 5.74) is 3.27. The smallest absolute Gasteiger partial charge is 0.226 e. The zero-order valence-corrected chi connectivity index (χ0v) is 15.8. The molecule has 1 saturated carbocycles. The van der Waals surface area contributed by atoms with Crippen molar-refractivity contribution in [1.82, 2.24) is 4.98 Å². The molecule has 1 N–H and O–H groups in total. The Hall–Kier alpha value is -2.36. The highest BCUT2D eigenvalue weighted by atomic mass is 16.2.